The van der Waals surface area contributed by atoms with Crippen LogP contribution in [0.4, 0.5) is 0 Å². The number of rotatable bonds is 5. The van der Waals surface area contributed by atoms with Gasteiger partial charge in [-0.3, -0.25) is 9.36 Å². The van der Waals surface area contributed by atoms with Gasteiger partial charge in [0.05, 0.1) is 24.1 Å². The smallest absolute Gasteiger partial charge is 0.338 e. The van der Waals surface area contributed by atoms with E-state index in [1.54, 1.807) is 28.0 Å². The molecule has 146 valence electrons. The summed E-state index contributed by atoms with van der Waals surface area (Å²) in [7, 11) is 0. The monoisotopic (exact) mass is 396 g/mol. The van der Waals surface area contributed by atoms with Crippen LogP contribution in [0.5, 0.6) is 0 Å². The lowest BCUT2D eigenvalue weighted by atomic mass is 9.97. The maximum Gasteiger partial charge on any atom is 0.338 e. The van der Waals surface area contributed by atoms with E-state index in [1.807, 2.05) is 26.0 Å². The highest BCUT2D eigenvalue weighted by Gasteiger charge is 2.21. The number of benzene rings is 1. The third-order valence-corrected chi connectivity index (χ3v) is 6.42. The topological polar surface area (TPSA) is 61.2 Å². The van der Waals surface area contributed by atoms with Crippen molar-refractivity contribution in [2.24, 2.45) is 0 Å². The summed E-state index contributed by atoms with van der Waals surface area (Å²) in [4.78, 5) is 32.1. The Kier molecular flexibility index (Phi) is 5.31. The van der Waals surface area contributed by atoms with Crippen molar-refractivity contribution in [1.29, 1.82) is 0 Å². The molecular formula is C22H24N2O3S. The molecule has 6 heteroatoms. The second-order valence-corrected chi connectivity index (χ2v) is 8.36. The summed E-state index contributed by atoms with van der Waals surface area (Å²) in [5.41, 5.74) is 2.75. The fourth-order valence-corrected chi connectivity index (χ4v) is 5.03. The van der Waals surface area contributed by atoms with Crippen LogP contribution in [0.1, 0.15) is 58.4 Å². The minimum atomic E-state index is -0.310. The first-order valence-electron chi connectivity index (χ1n) is 9.86. The van der Waals surface area contributed by atoms with E-state index < -0.39 is 0 Å². The number of ether oxygens (including phenoxy) is 1. The molecule has 1 aliphatic carbocycles. The van der Waals surface area contributed by atoms with Crippen molar-refractivity contribution in [3.63, 3.8) is 0 Å². The highest BCUT2D eigenvalue weighted by atomic mass is 32.1. The van der Waals surface area contributed by atoms with Crippen LogP contribution in [0, 0.1) is 6.92 Å². The predicted molar refractivity (Wildman–Crippen MR) is 111 cm³/mol. The zero-order valence-electron chi connectivity index (χ0n) is 16.3. The number of hydrogen-bond donors (Lipinski definition) is 0. The van der Waals surface area contributed by atoms with Gasteiger partial charge >= 0.3 is 5.97 Å². The molecule has 0 spiro atoms. The SMILES string of the molecule is CCCOC(=O)c1ccc(Cn2c(C)nc3sc4c(c3c2=O)CCCC4)cc1. The summed E-state index contributed by atoms with van der Waals surface area (Å²) in [5, 5.41) is 0.810. The Morgan fingerprint density at radius 1 is 1.21 bits per heavy atom. The summed E-state index contributed by atoms with van der Waals surface area (Å²) < 4.78 is 6.91. The van der Waals surface area contributed by atoms with Gasteiger partial charge in [-0.2, -0.15) is 0 Å². The third kappa shape index (κ3) is 3.49. The molecule has 2 aromatic heterocycles. The van der Waals surface area contributed by atoms with E-state index in [4.69, 9.17) is 9.72 Å². The molecule has 3 aromatic rings. The molecule has 0 N–H and O–H groups in total. The zero-order chi connectivity index (χ0) is 19.7. The van der Waals surface area contributed by atoms with Gasteiger partial charge in [0.25, 0.3) is 5.56 Å². The first kappa shape index (κ1) is 18.9. The standard InChI is InChI=1S/C22H24N2O3S/c1-3-12-27-22(26)16-10-8-15(9-11-16)13-24-14(2)23-20-19(21(24)25)17-6-4-5-7-18(17)28-20/h8-11H,3-7,12-13H2,1-2H3. The lowest BCUT2D eigenvalue weighted by Gasteiger charge is -2.12. The molecule has 0 unspecified atom stereocenters. The molecule has 0 saturated carbocycles. The summed E-state index contributed by atoms with van der Waals surface area (Å²) in [6.07, 6.45) is 5.17. The second kappa shape index (κ2) is 7.87. The van der Waals surface area contributed by atoms with Crippen molar-refractivity contribution in [2.75, 3.05) is 6.61 Å². The molecule has 0 radical (unpaired) electrons. The van der Waals surface area contributed by atoms with Gasteiger partial charge in [0.1, 0.15) is 10.7 Å². The van der Waals surface area contributed by atoms with E-state index in [1.165, 1.54) is 16.9 Å². The van der Waals surface area contributed by atoms with E-state index in [2.05, 4.69) is 0 Å². The molecule has 1 aliphatic rings. The fourth-order valence-electron chi connectivity index (χ4n) is 3.73. The summed E-state index contributed by atoms with van der Waals surface area (Å²) in [5.74, 6) is 0.414. The van der Waals surface area contributed by atoms with Crippen LogP contribution in [0.2, 0.25) is 0 Å². The Bertz CT molecular complexity index is 1080. The van der Waals surface area contributed by atoms with Gasteiger partial charge in [-0.25, -0.2) is 9.78 Å². The number of carbonyl (C=O) groups excluding carboxylic acids is 1. The summed E-state index contributed by atoms with van der Waals surface area (Å²) in [6, 6.07) is 7.27. The van der Waals surface area contributed by atoms with E-state index in [9.17, 15) is 9.59 Å². The normalized spacial score (nSPS) is 13.5. The largest absolute Gasteiger partial charge is 0.462 e. The van der Waals surface area contributed by atoms with Crippen LogP contribution >= 0.6 is 11.3 Å². The van der Waals surface area contributed by atoms with Gasteiger partial charge in [-0.15, -0.1) is 11.3 Å². The molecule has 0 amide bonds. The van der Waals surface area contributed by atoms with Crippen molar-refractivity contribution < 1.29 is 9.53 Å². The third-order valence-electron chi connectivity index (χ3n) is 5.23. The molecule has 0 aliphatic heterocycles. The molecule has 5 nitrogen and oxygen atoms in total. The average Bonchev–Trinajstić information content (AvgIpc) is 3.08. The number of hydrogen-bond acceptors (Lipinski definition) is 5. The van der Waals surface area contributed by atoms with E-state index in [0.29, 0.717) is 18.7 Å². The highest BCUT2D eigenvalue weighted by Crippen LogP contribution is 2.33. The highest BCUT2D eigenvalue weighted by molar-refractivity contribution is 7.18. The van der Waals surface area contributed by atoms with Crippen LogP contribution in [0.15, 0.2) is 29.1 Å². The van der Waals surface area contributed by atoms with Gasteiger partial charge in [0.15, 0.2) is 0 Å². The molecule has 1 aromatic carbocycles. The Morgan fingerprint density at radius 2 is 1.96 bits per heavy atom. The number of aryl methyl sites for hydroxylation is 3. The summed E-state index contributed by atoms with van der Waals surface area (Å²) in [6.45, 7) is 4.72. The fraction of sp³-hybridized carbons (Fsp3) is 0.409. The molecule has 0 atom stereocenters. The number of aromatic nitrogens is 2. The number of carbonyl (C=O) groups is 1. The number of fused-ring (bicyclic) bond motifs is 3. The van der Waals surface area contributed by atoms with Gasteiger partial charge in [-0.1, -0.05) is 19.1 Å². The van der Waals surface area contributed by atoms with Crippen molar-refractivity contribution in [3.8, 4) is 0 Å². The lowest BCUT2D eigenvalue weighted by Crippen LogP contribution is -2.24. The second-order valence-electron chi connectivity index (χ2n) is 7.27. The summed E-state index contributed by atoms with van der Waals surface area (Å²) >= 11 is 1.68. The average molecular weight is 397 g/mol. The van der Waals surface area contributed by atoms with Gasteiger partial charge in [0.2, 0.25) is 0 Å². The lowest BCUT2D eigenvalue weighted by molar-refractivity contribution is 0.0505. The maximum absolute atomic E-state index is 13.2. The van der Waals surface area contributed by atoms with Crippen molar-refractivity contribution in [3.05, 3.63) is 62.0 Å². The Hall–Kier alpha value is -2.47. The van der Waals surface area contributed by atoms with Crippen molar-refractivity contribution in [2.45, 2.75) is 52.5 Å². The van der Waals surface area contributed by atoms with Crippen LogP contribution in [0.3, 0.4) is 0 Å². The van der Waals surface area contributed by atoms with E-state index in [-0.39, 0.29) is 11.5 Å². The predicted octanol–water partition coefficient (Wildman–Crippen LogP) is 4.26. The van der Waals surface area contributed by atoms with Crippen molar-refractivity contribution >= 4 is 27.5 Å². The quantitative estimate of drug-likeness (QED) is 0.605. The number of esters is 1. The van der Waals surface area contributed by atoms with Crippen LogP contribution in [-0.4, -0.2) is 22.1 Å². The van der Waals surface area contributed by atoms with Crippen molar-refractivity contribution in [1.82, 2.24) is 9.55 Å². The number of thiophene rings is 1. The first-order chi connectivity index (χ1) is 13.6. The van der Waals surface area contributed by atoms with Crippen LogP contribution in [0.25, 0.3) is 10.2 Å². The van der Waals surface area contributed by atoms with Gasteiger partial charge in [0, 0.05) is 4.88 Å². The van der Waals surface area contributed by atoms with E-state index in [0.717, 1.165) is 47.3 Å². The van der Waals surface area contributed by atoms with Crippen LogP contribution < -0.4 is 5.56 Å². The maximum atomic E-state index is 13.2. The minimum Gasteiger partial charge on any atom is -0.462 e. The molecule has 2 heterocycles. The molecular weight excluding hydrogens is 372 g/mol. The Morgan fingerprint density at radius 3 is 2.71 bits per heavy atom. The molecule has 4 rings (SSSR count). The molecule has 0 saturated heterocycles. The van der Waals surface area contributed by atoms with Gasteiger partial charge in [-0.05, 0) is 62.3 Å². The zero-order valence-corrected chi connectivity index (χ0v) is 17.1. The Balaban J connectivity index is 1.64. The molecule has 0 fully saturated rings. The van der Waals surface area contributed by atoms with E-state index >= 15 is 0 Å². The minimum absolute atomic E-state index is 0.0494. The molecule has 0 bridgehead atoms. The van der Waals surface area contributed by atoms with Crippen LogP contribution in [-0.2, 0) is 24.1 Å². The molecule has 28 heavy (non-hydrogen) atoms. The van der Waals surface area contributed by atoms with Gasteiger partial charge < -0.3 is 4.74 Å². The first-order valence-corrected chi connectivity index (χ1v) is 10.7. The Labute approximate surface area is 168 Å². The number of nitrogens with zero attached hydrogens (tertiary/aromatic N) is 2.